The van der Waals surface area contributed by atoms with E-state index >= 15 is 0 Å². The Balaban J connectivity index is 1.64. The summed E-state index contributed by atoms with van der Waals surface area (Å²) < 4.78 is 10.6. The lowest BCUT2D eigenvalue weighted by Crippen LogP contribution is -2.34. The monoisotopic (exact) mass is 338 g/mol. The van der Waals surface area contributed by atoms with Gasteiger partial charge in [-0.2, -0.15) is 4.98 Å². The SMILES string of the molecule is O=C(c1ccoc1)N1CCCCCC1c1nc(-c2ccncc2)no1. The van der Waals surface area contributed by atoms with Gasteiger partial charge in [0.05, 0.1) is 11.8 Å². The van der Waals surface area contributed by atoms with Crippen LogP contribution in [0.1, 0.15) is 48.0 Å². The Bertz CT molecular complexity index is 829. The molecule has 7 nitrogen and oxygen atoms in total. The number of rotatable bonds is 3. The summed E-state index contributed by atoms with van der Waals surface area (Å²) in [4.78, 5) is 23.2. The Hall–Kier alpha value is -2.96. The van der Waals surface area contributed by atoms with Crippen molar-refractivity contribution in [1.82, 2.24) is 20.0 Å². The zero-order valence-electron chi connectivity index (χ0n) is 13.7. The summed E-state index contributed by atoms with van der Waals surface area (Å²) in [6, 6.07) is 5.13. The quantitative estimate of drug-likeness (QED) is 0.727. The number of amides is 1. The fraction of sp³-hybridized carbons (Fsp3) is 0.333. The summed E-state index contributed by atoms with van der Waals surface area (Å²) in [5, 5.41) is 4.08. The number of pyridine rings is 1. The molecule has 0 bridgehead atoms. The first kappa shape index (κ1) is 15.6. The topological polar surface area (TPSA) is 85.3 Å². The molecule has 0 spiro atoms. The first-order chi connectivity index (χ1) is 12.3. The van der Waals surface area contributed by atoms with Gasteiger partial charge in [0.25, 0.3) is 5.91 Å². The molecule has 7 heteroatoms. The van der Waals surface area contributed by atoms with Crippen molar-refractivity contribution in [2.75, 3.05) is 6.54 Å². The van der Waals surface area contributed by atoms with E-state index in [4.69, 9.17) is 8.94 Å². The van der Waals surface area contributed by atoms with Crippen LogP contribution in [-0.4, -0.2) is 32.5 Å². The van der Waals surface area contributed by atoms with Gasteiger partial charge in [0.15, 0.2) is 0 Å². The van der Waals surface area contributed by atoms with Crippen molar-refractivity contribution in [1.29, 1.82) is 0 Å². The summed E-state index contributed by atoms with van der Waals surface area (Å²) in [5.41, 5.74) is 1.38. The zero-order chi connectivity index (χ0) is 17.1. The predicted molar refractivity (Wildman–Crippen MR) is 88.5 cm³/mol. The van der Waals surface area contributed by atoms with Crippen molar-refractivity contribution in [3.05, 3.63) is 54.6 Å². The molecule has 1 fully saturated rings. The summed E-state index contributed by atoms with van der Waals surface area (Å²) in [7, 11) is 0. The summed E-state index contributed by atoms with van der Waals surface area (Å²) in [5.74, 6) is 0.923. The Morgan fingerprint density at radius 3 is 2.84 bits per heavy atom. The number of carbonyl (C=O) groups excluding carboxylic acids is 1. The van der Waals surface area contributed by atoms with E-state index < -0.39 is 0 Å². The van der Waals surface area contributed by atoms with Crippen molar-refractivity contribution in [3.8, 4) is 11.4 Å². The van der Waals surface area contributed by atoms with Crippen LogP contribution < -0.4 is 0 Å². The van der Waals surface area contributed by atoms with Gasteiger partial charge in [-0.25, -0.2) is 0 Å². The molecular formula is C18H18N4O3. The van der Waals surface area contributed by atoms with Crippen LogP contribution in [0.5, 0.6) is 0 Å². The Morgan fingerprint density at radius 1 is 1.16 bits per heavy atom. The van der Waals surface area contributed by atoms with Crippen molar-refractivity contribution in [3.63, 3.8) is 0 Å². The van der Waals surface area contributed by atoms with E-state index in [1.165, 1.54) is 12.5 Å². The van der Waals surface area contributed by atoms with E-state index in [0.29, 0.717) is 23.8 Å². The maximum Gasteiger partial charge on any atom is 0.257 e. The minimum Gasteiger partial charge on any atom is -0.472 e. The number of hydrogen-bond donors (Lipinski definition) is 0. The molecule has 3 aromatic rings. The lowest BCUT2D eigenvalue weighted by molar-refractivity contribution is 0.0644. The first-order valence-electron chi connectivity index (χ1n) is 8.40. The molecule has 1 aliphatic heterocycles. The Kier molecular flexibility index (Phi) is 4.28. The number of nitrogens with zero attached hydrogens (tertiary/aromatic N) is 4. The maximum absolute atomic E-state index is 12.8. The second-order valence-electron chi connectivity index (χ2n) is 6.07. The number of carbonyl (C=O) groups is 1. The van der Waals surface area contributed by atoms with Crippen molar-refractivity contribution in [2.24, 2.45) is 0 Å². The fourth-order valence-corrected chi connectivity index (χ4v) is 3.15. The van der Waals surface area contributed by atoms with Crippen LogP contribution >= 0.6 is 0 Å². The van der Waals surface area contributed by atoms with Crippen LogP contribution in [0.2, 0.25) is 0 Å². The molecule has 1 amide bonds. The molecule has 1 aliphatic rings. The van der Waals surface area contributed by atoms with Gasteiger partial charge in [0.1, 0.15) is 12.3 Å². The largest absolute Gasteiger partial charge is 0.472 e. The van der Waals surface area contributed by atoms with Gasteiger partial charge in [-0.15, -0.1) is 0 Å². The highest BCUT2D eigenvalue weighted by atomic mass is 16.5. The highest BCUT2D eigenvalue weighted by molar-refractivity contribution is 5.94. The van der Waals surface area contributed by atoms with Gasteiger partial charge in [0.2, 0.25) is 11.7 Å². The van der Waals surface area contributed by atoms with Crippen LogP contribution in [-0.2, 0) is 0 Å². The Labute approximate surface area is 144 Å². The molecule has 0 aliphatic carbocycles. The smallest absolute Gasteiger partial charge is 0.257 e. The molecule has 1 saturated heterocycles. The van der Waals surface area contributed by atoms with E-state index in [1.807, 2.05) is 17.0 Å². The van der Waals surface area contributed by atoms with Gasteiger partial charge in [-0.05, 0) is 31.0 Å². The summed E-state index contributed by atoms with van der Waals surface area (Å²) in [6.07, 6.45) is 10.2. The van der Waals surface area contributed by atoms with E-state index in [-0.39, 0.29) is 11.9 Å². The molecule has 128 valence electrons. The standard InChI is InChI=1S/C18H18N4O3/c23-18(14-7-11-24-12-14)22-10-3-1-2-4-15(22)17-20-16(21-25-17)13-5-8-19-9-6-13/h5-9,11-12,15H,1-4,10H2. The van der Waals surface area contributed by atoms with Gasteiger partial charge in [-0.1, -0.05) is 18.0 Å². The van der Waals surface area contributed by atoms with E-state index in [9.17, 15) is 4.79 Å². The molecule has 0 saturated carbocycles. The molecule has 0 aromatic carbocycles. The zero-order valence-corrected chi connectivity index (χ0v) is 13.7. The molecule has 4 heterocycles. The number of aromatic nitrogens is 3. The van der Waals surface area contributed by atoms with Gasteiger partial charge in [-0.3, -0.25) is 9.78 Å². The molecule has 25 heavy (non-hydrogen) atoms. The van der Waals surface area contributed by atoms with Crippen molar-refractivity contribution >= 4 is 5.91 Å². The predicted octanol–water partition coefficient (Wildman–Crippen LogP) is 3.48. The van der Waals surface area contributed by atoms with Gasteiger partial charge in [0, 0.05) is 24.5 Å². The van der Waals surface area contributed by atoms with Crippen molar-refractivity contribution < 1.29 is 13.7 Å². The normalized spacial score (nSPS) is 18.1. The van der Waals surface area contributed by atoms with Gasteiger partial charge >= 0.3 is 0 Å². The lowest BCUT2D eigenvalue weighted by Gasteiger charge is -2.26. The van der Waals surface area contributed by atoms with Crippen LogP contribution in [0.3, 0.4) is 0 Å². The lowest BCUT2D eigenvalue weighted by atomic mass is 10.1. The fourth-order valence-electron chi connectivity index (χ4n) is 3.15. The van der Waals surface area contributed by atoms with Gasteiger partial charge < -0.3 is 13.8 Å². The van der Waals surface area contributed by atoms with Crippen LogP contribution in [0, 0.1) is 0 Å². The second-order valence-corrected chi connectivity index (χ2v) is 6.07. The highest BCUT2D eigenvalue weighted by Gasteiger charge is 2.32. The minimum absolute atomic E-state index is 0.0655. The van der Waals surface area contributed by atoms with E-state index in [1.54, 1.807) is 18.5 Å². The number of likely N-dealkylation sites (tertiary alicyclic amines) is 1. The second kappa shape index (κ2) is 6.88. The number of furan rings is 1. The Morgan fingerprint density at radius 2 is 2.04 bits per heavy atom. The van der Waals surface area contributed by atoms with Crippen LogP contribution in [0.4, 0.5) is 0 Å². The average molecular weight is 338 g/mol. The molecule has 0 N–H and O–H groups in total. The maximum atomic E-state index is 12.8. The van der Waals surface area contributed by atoms with E-state index in [0.717, 1.165) is 31.2 Å². The third-order valence-electron chi connectivity index (χ3n) is 4.45. The van der Waals surface area contributed by atoms with Crippen LogP contribution in [0.25, 0.3) is 11.4 Å². The molecule has 0 radical (unpaired) electrons. The minimum atomic E-state index is -0.215. The summed E-state index contributed by atoms with van der Waals surface area (Å²) in [6.45, 7) is 0.668. The third-order valence-corrected chi connectivity index (χ3v) is 4.45. The molecule has 4 rings (SSSR count). The first-order valence-corrected chi connectivity index (χ1v) is 8.40. The van der Waals surface area contributed by atoms with E-state index in [2.05, 4.69) is 15.1 Å². The molecule has 1 atom stereocenters. The molecule has 1 unspecified atom stereocenters. The number of hydrogen-bond acceptors (Lipinski definition) is 6. The average Bonchev–Trinajstić information content (AvgIpc) is 3.30. The third kappa shape index (κ3) is 3.17. The highest BCUT2D eigenvalue weighted by Crippen LogP contribution is 2.31. The van der Waals surface area contributed by atoms with Crippen molar-refractivity contribution in [2.45, 2.75) is 31.7 Å². The molecule has 3 aromatic heterocycles. The molecular weight excluding hydrogens is 320 g/mol. The van der Waals surface area contributed by atoms with Crippen LogP contribution in [0.15, 0.2) is 52.1 Å². The summed E-state index contributed by atoms with van der Waals surface area (Å²) >= 11 is 0.